The molecule has 0 aliphatic carbocycles. The number of aromatic nitrogens is 5. The third kappa shape index (κ3) is 6.84. The maximum absolute atomic E-state index is 5.47. The lowest BCUT2D eigenvalue weighted by Crippen LogP contribution is -2.00. The van der Waals surface area contributed by atoms with E-state index in [1.807, 2.05) is 18.2 Å². The smallest absolute Gasteiger partial charge is 0.164 e. The molecule has 0 fully saturated rings. The highest BCUT2D eigenvalue weighted by molar-refractivity contribution is 6.17. The molecule has 0 unspecified atom stereocenters. The minimum Gasteiger partial charge on any atom is -0.232 e. The third-order valence-electron chi connectivity index (χ3n) is 11.2. The Morgan fingerprint density at radius 1 is 0.311 bits per heavy atom. The topological polar surface area (TPSA) is 56.5 Å². The van der Waals surface area contributed by atoms with E-state index in [1.165, 1.54) is 0 Å². The van der Waals surface area contributed by atoms with Crippen LogP contribution >= 0.6 is 0 Å². The number of rotatable bonds is 8. The summed E-state index contributed by atoms with van der Waals surface area (Å²) in [6.45, 7) is 0. The summed E-state index contributed by atoms with van der Waals surface area (Å²) in [6.07, 6.45) is 0. The molecule has 0 aliphatic rings. The Morgan fingerprint density at radius 2 is 0.721 bits per heavy atom. The predicted octanol–water partition coefficient (Wildman–Crippen LogP) is 14.0. The Balaban J connectivity index is 1.12. The first-order valence-corrected chi connectivity index (χ1v) is 20.5. The van der Waals surface area contributed by atoms with Gasteiger partial charge in [0.2, 0.25) is 0 Å². The summed E-state index contributed by atoms with van der Waals surface area (Å²) < 4.78 is 2.10. The van der Waals surface area contributed by atoms with E-state index in [-0.39, 0.29) is 0 Å². The van der Waals surface area contributed by atoms with Crippen LogP contribution in [0.4, 0.5) is 0 Å². The number of fused-ring (bicyclic) bond motifs is 3. The lowest BCUT2D eigenvalue weighted by atomic mass is 9.93. The van der Waals surface area contributed by atoms with Gasteiger partial charge < -0.3 is 0 Å². The molecule has 61 heavy (non-hydrogen) atoms. The van der Waals surface area contributed by atoms with E-state index in [0.29, 0.717) is 17.5 Å². The Bertz CT molecular complexity index is 3240. The van der Waals surface area contributed by atoms with Gasteiger partial charge in [0.05, 0.1) is 11.2 Å². The first kappa shape index (κ1) is 35.8. The van der Waals surface area contributed by atoms with E-state index >= 15 is 0 Å². The maximum atomic E-state index is 5.47. The fourth-order valence-corrected chi connectivity index (χ4v) is 8.30. The molecule has 9 aromatic carbocycles. The number of hydrogen-bond donors (Lipinski definition) is 0. The van der Waals surface area contributed by atoms with Gasteiger partial charge in [-0.05, 0) is 75.2 Å². The number of benzene rings is 9. The molecule has 0 radical (unpaired) electrons. The highest BCUT2D eigenvalue weighted by atomic mass is 15.3. The van der Waals surface area contributed by atoms with Gasteiger partial charge in [-0.1, -0.05) is 188 Å². The van der Waals surface area contributed by atoms with Gasteiger partial charge in [-0.25, -0.2) is 19.6 Å². The van der Waals surface area contributed by atoms with Crippen molar-refractivity contribution < 1.29 is 0 Å². The average molecular weight is 780 g/mol. The van der Waals surface area contributed by atoms with Crippen molar-refractivity contribution in [2.75, 3.05) is 0 Å². The highest BCUT2D eigenvalue weighted by Gasteiger charge is 2.22. The van der Waals surface area contributed by atoms with Crippen LogP contribution in [0.3, 0.4) is 0 Å². The van der Waals surface area contributed by atoms with Gasteiger partial charge in [0, 0.05) is 33.0 Å². The second-order valence-corrected chi connectivity index (χ2v) is 15.1. The van der Waals surface area contributed by atoms with Crippen LogP contribution in [0.2, 0.25) is 0 Å². The Kier molecular flexibility index (Phi) is 9.10. The van der Waals surface area contributed by atoms with Crippen LogP contribution < -0.4 is 0 Å². The lowest BCUT2D eigenvalue weighted by Gasteiger charge is -2.12. The predicted molar refractivity (Wildman–Crippen MR) is 250 cm³/mol. The molecule has 0 N–H and O–H groups in total. The van der Waals surface area contributed by atoms with Crippen LogP contribution in [-0.2, 0) is 0 Å². The van der Waals surface area contributed by atoms with Gasteiger partial charge in [-0.3, -0.25) is 0 Å². The van der Waals surface area contributed by atoms with Crippen LogP contribution in [-0.4, -0.2) is 24.7 Å². The van der Waals surface area contributed by atoms with Crippen molar-refractivity contribution in [2.24, 2.45) is 0 Å². The molecule has 0 bridgehead atoms. The molecule has 0 spiro atoms. The van der Waals surface area contributed by atoms with Gasteiger partial charge in [-0.15, -0.1) is 0 Å². The molecule has 11 rings (SSSR count). The highest BCUT2D eigenvalue weighted by Crippen LogP contribution is 2.42. The van der Waals surface area contributed by atoms with Crippen molar-refractivity contribution in [3.63, 3.8) is 0 Å². The van der Waals surface area contributed by atoms with Crippen molar-refractivity contribution in [3.8, 4) is 84.5 Å². The Morgan fingerprint density at radius 3 is 1.26 bits per heavy atom. The lowest BCUT2D eigenvalue weighted by molar-refractivity contribution is 0.918. The van der Waals surface area contributed by atoms with Crippen LogP contribution in [0.1, 0.15) is 0 Å². The second kappa shape index (κ2) is 15.5. The summed E-state index contributed by atoms with van der Waals surface area (Å²) in [5, 5.41) is 8.85. The van der Waals surface area contributed by atoms with E-state index < -0.39 is 0 Å². The summed E-state index contributed by atoms with van der Waals surface area (Å²) in [4.78, 5) is 15.6. The third-order valence-corrected chi connectivity index (χ3v) is 11.2. The van der Waals surface area contributed by atoms with E-state index in [9.17, 15) is 0 Å². The Hall–Kier alpha value is -8.28. The second-order valence-electron chi connectivity index (χ2n) is 15.1. The standard InChI is InChI=1S/C56H37N5/c1-5-18-38(19-6-1)41-25-15-28-45(34-41)54-57-55(46-29-16-26-42(35-46)39-20-7-2-8-21-39)59-56(58-54)47-30-17-27-44(36-47)52-51-50(40-22-9-3-10-23-40)37-43-24-13-14-33-49(43)53(51)61(60-52)48-31-11-4-12-32-48/h1-37H. The van der Waals surface area contributed by atoms with Crippen LogP contribution in [0.5, 0.6) is 0 Å². The molecule has 0 atom stereocenters. The number of nitrogens with zero attached hydrogens (tertiary/aromatic N) is 5. The molecule has 2 aromatic heterocycles. The minimum atomic E-state index is 0.581. The van der Waals surface area contributed by atoms with Gasteiger partial charge in [0.15, 0.2) is 17.5 Å². The van der Waals surface area contributed by atoms with Crippen molar-refractivity contribution in [1.29, 1.82) is 0 Å². The molecular weight excluding hydrogens is 743 g/mol. The summed E-state index contributed by atoms with van der Waals surface area (Å²) in [6, 6.07) is 78.0. The Labute approximate surface area is 354 Å². The molecule has 0 saturated carbocycles. The molecule has 5 heteroatoms. The van der Waals surface area contributed by atoms with Crippen LogP contribution in [0.25, 0.3) is 106 Å². The molecule has 0 saturated heterocycles. The van der Waals surface area contributed by atoms with Gasteiger partial charge in [0.25, 0.3) is 0 Å². The SMILES string of the molecule is c1ccc(-c2cccc(-c3nc(-c4cccc(-c5ccccc5)c4)nc(-c4cccc(-c5nn(-c6ccccc6)c6c5c(-c5ccccc5)cc5ccccc56)c4)n3)c2)cc1. The monoisotopic (exact) mass is 779 g/mol. The average Bonchev–Trinajstić information content (AvgIpc) is 3.76. The summed E-state index contributed by atoms with van der Waals surface area (Å²) in [5.41, 5.74) is 13.3. The summed E-state index contributed by atoms with van der Waals surface area (Å²) in [5.74, 6) is 1.78. The largest absolute Gasteiger partial charge is 0.232 e. The van der Waals surface area contributed by atoms with Crippen LogP contribution in [0.15, 0.2) is 224 Å². The minimum absolute atomic E-state index is 0.581. The molecular formula is C56H37N5. The number of para-hydroxylation sites is 1. The molecule has 11 aromatic rings. The van der Waals surface area contributed by atoms with E-state index in [2.05, 4.69) is 211 Å². The zero-order valence-electron chi connectivity index (χ0n) is 33.1. The van der Waals surface area contributed by atoms with Crippen molar-refractivity contribution in [1.82, 2.24) is 24.7 Å². The maximum Gasteiger partial charge on any atom is 0.164 e. The summed E-state index contributed by atoms with van der Waals surface area (Å²) in [7, 11) is 0. The fourth-order valence-electron chi connectivity index (χ4n) is 8.30. The molecule has 286 valence electrons. The first-order chi connectivity index (χ1) is 30.2. The van der Waals surface area contributed by atoms with Gasteiger partial charge in [0.1, 0.15) is 5.69 Å². The van der Waals surface area contributed by atoms with Crippen LogP contribution in [0, 0.1) is 0 Å². The fraction of sp³-hybridized carbons (Fsp3) is 0. The zero-order valence-corrected chi connectivity index (χ0v) is 33.1. The molecule has 0 amide bonds. The number of hydrogen-bond acceptors (Lipinski definition) is 4. The molecule has 0 aliphatic heterocycles. The van der Waals surface area contributed by atoms with Gasteiger partial charge >= 0.3 is 0 Å². The molecule has 5 nitrogen and oxygen atoms in total. The first-order valence-electron chi connectivity index (χ1n) is 20.5. The van der Waals surface area contributed by atoms with E-state index in [0.717, 1.165) is 88.7 Å². The van der Waals surface area contributed by atoms with Gasteiger partial charge in [-0.2, -0.15) is 5.10 Å². The zero-order chi connectivity index (χ0) is 40.5. The van der Waals surface area contributed by atoms with Crippen molar-refractivity contribution >= 4 is 21.7 Å². The molecule has 2 heterocycles. The van der Waals surface area contributed by atoms with E-state index in [1.54, 1.807) is 0 Å². The summed E-state index contributed by atoms with van der Waals surface area (Å²) >= 11 is 0. The van der Waals surface area contributed by atoms with E-state index in [4.69, 9.17) is 20.1 Å². The quantitative estimate of drug-likeness (QED) is 0.154. The van der Waals surface area contributed by atoms with Crippen molar-refractivity contribution in [2.45, 2.75) is 0 Å². The normalized spacial score (nSPS) is 11.3. The van der Waals surface area contributed by atoms with Crippen molar-refractivity contribution in [3.05, 3.63) is 224 Å².